The highest BCUT2D eigenvalue weighted by Gasteiger charge is 2.28. The monoisotopic (exact) mass is 277 g/mol. The van der Waals surface area contributed by atoms with Crippen LogP contribution in [0.5, 0.6) is 0 Å². The molecule has 7 heteroatoms. The Hall–Kier alpha value is -0.730. The van der Waals surface area contributed by atoms with Crippen LogP contribution in [0.1, 0.15) is 6.42 Å². The van der Waals surface area contributed by atoms with Crippen molar-refractivity contribution in [3.63, 3.8) is 0 Å². The maximum atomic E-state index is 11.5. The summed E-state index contributed by atoms with van der Waals surface area (Å²) < 4.78 is 20.3. The number of carbonyl (C=O) groups is 1. The normalized spacial score (nSPS) is 22.6. The number of hydrogen-bond donors (Lipinski definition) is 2. The van der Waals surface area contributed by atoms with E-state index in [1.165, 1.54) is 0 Å². The van der Waals surface area contributed by atoms with Crippen LogP contribution in [0.3, 0.4) is 0 Å². The van der Waals surface area contributed by atoms with Crippen molar-refractivity contribution in [2.75, 3.05) is 53.3 Å². The molecule has 19 heavy (non-hydrogen) atoms. The largest absolute Gasteiger partial charge is 0.462 e. The Morgan fingerprint density at radius 1 is 1.16 bits per heavy atom. The predicted octanol–water partition coefficient (Wildman–Crippen LogP) is -1.07. The Balaban J connectivity index is 1.86. The lowest BCUT2D eigenvalue weighted by molar-refractivity contribution is -0.147. The molecule has 1 rings (SSSR count). The molecule has 2 unspecified atom stereocenters. The number of aliphatic hydroxyl groups excluding tert-OH is 1. The number of carbonyl (C=O) groups excluding carboxylic acids is 1. The molecule has 2 atom stereocenters. The third-order valence-corrected chi connectivity index (χ3v) is 2.67. The average Bonchev–Trinajstić information content (AvgIpc) is 2.83. The molecule has 0 radical (unpaired) electrons. The minimum absolute atomic E-state index is 0.213. The topological polar surface area (TPSA) is 86.2 Å². The molecule has 0 amide bonds. The number of aliphatic hydroxyl groups is 1. The summed E-state index contributed by atoms with van der Waals surface area (Å²) >= 11 is 0. The molecule has 1 heterocycles. The number of nitrogens with one attached hydrogen (secondary N) is 1. The molecule has 0 saturated carbocycles. The van der Waals surface area contributed by atoms with Crippen LogP contribution in [0.4, 0.5) is 0 Å². The highest BCUT2D eigenvalue weighted by molar-refractivity contribution is 5.76. The molecule has 7 nitrogen and oxygen atoms in total. The van der Waals surface area contributed by atoms with Gasteiger partial charge < -0.3 is 29.4 Å². The summed E-state index contributed by atoms with van der Waals surface area (Å²) in [5.41, 5.74) is 0. The molecule has 1 aliphatic rings. The van der Waals surface area contributed by atoms with Crippen LogP contribution >= 0.6 is 0 Å². The summed E-state index contributed by atoms with van der Waals surface area (Å²) in [4.78, 5) is 11.5. The fourth-order valence-electron chi connectivity index (χ4n) is 1.66. The first-order chi connectivity index (χ1) is 9.24. The van der Waals surface area contributed by atoms with E-state index in [1.807, 2.05) is 0 Å². The van der Waals surface area contributed by atoms with Crippen LogP contribution in [-0.4, -0.2) is 76.5 Å². The van der Waals surface area contributed by atoms with E-state index in [-0.39, 0.29) is 12.6 Å². The summed E-state index contributed by atoms with van der Waals surface area (Å²) in [6.07, 6.45) is -0.0504. The number of hydrogen-bond acceptors (Lipinski definition) is 7. The molecule has 0 aliphatic carbocycles. The number of esters is 1. The second-order valence-electron chi connectivity index (χ2n) is 4.24. The molecule has 0 aromatic rings. The lowest BCUT2D eigenvalue weighted by atomic mass is 10.2. The van der Waals surface area contributed by atoms with Crippen molar-refractivity contribution in [2.24, 2.45) is 0 Å². The highest BCUT2D eigenvalue weighted by Crippen LogP contribution is 2.07. The van der Waals surface area contributed by atoms with Crippen molar-refractivity contribution in [3.05, 3.63) is 0 Å². The SMILES string of the molecule is COCCOCCOCCOC(=O)C1CC(O)CN1. The van der Waals surface area contributed by atoms with Gasteiger partial charge in [-0.15, -0.1) is 0 Å². The zero-order chi connectivity index (χ0) is 13.9. The first-order valence-corrected chi connectivity index (χ1v) is 6.46. The van der Waals surface area contributed by atoms with Gasteiger partial charge in [-0.3, -0.25) is 4.79 Å². The molecular formula is C12H23NO6. The van der Waals surface area contributed by atoms with Crippen molar-refractivity contribution < 1.29 is 28.8 Å². The van der Waals surface area contributed by atoms with E-state index >= 15 is 0 Å². The van der Waals surface area contributed by atoms with Crippen molar-refractivity contribution in [3.8, 4) is 0 Å². The zero-order valence-corrected chi connectivity index (χ0v) is 11.3. The van der Waals surface area contributed by atoms with Gasteiger partial charge in [-0.1, -0.05) is 0 Å². The maximum absolute atomic E-state index is 11.5. The van der Waals surface area contributed by atoms with Gasteiger partial charge in [0.25, 0.3) is 0 Å². The smallest absolute Gasteiger partial charge is 0.323 e. The Morgan fingerprint density at radius 3 is 2.37 bits per heavy atom. The minimum Gasteiger partial charge on any atom is -0.462 e. The summed E-state index contributed by atoms with van der Waals surface area (Å²) in [7, 11) is 1.62. The molecule has 0 aromatic heterocycles. The van der Waals surface area contributed by atoms with Crippen molar-refractivity contribution in [1.29, 1.82) is 0 Å². The predicted molar refractivity (Wildman–Crippen MR) is 66.9 cm³/mol. The molecule has 2 N–H and O–H groups in total. The lowest BCUT2D eigenvalue weighted by Crippen LogP contribution is -2.33. The average molecular weight is 277 g/mol. The van der Waals surface area contributed by atoms with Crippen molar-refractivity contribution >= 4 is 5.97 Å². The van der Waals surface area contributed by atoms with E-state index in [0.29, 0.717) is 46.0 Å². The fraction of sp³-hybridized carbons (Fsp3) is 0.917. The fourth-order valence-corrected chi connectivity index (χ4v) is 1.66. The number of β-amino-alcohol motifs (C(OH)–C–C–N with tert-alkyl or cyclic N) is 1. The quantitative estimate of drug-likeness (QED) is 0.388. The zero-order valence-electron chi connectivity index (χ0n) is 11.3. The molecule has 0 spiro atoms. The van der Waals surface area contributed by atoms with Crippen molar-refractivity contribution in [2.45, 2.75) is 18.6 Å². The van der Waals surface area contributed by atoms with Crippen LogP contribution in [0.25, 0.3) is 0 Å². The Morgan fingerprint density at radius 2 is 1.79 bits per heavy atom. The Labute approximate surface area is 113 Å². The van der Waals surface area contributed by atoms with Gasteiger partial charge in [0.2, 0.25) is 0 Å². The van der Waals surface area contributed by atoms with E-state index in [9.17, 15) is 9.90 Å². The van der Waals surface area contributed by atoms with Crippen LogP contribution in [-0.2, 0) is 23.7 Å². The first-order valence-electron chi connectivity index (χ1n) is 6.46. The van der Waals surface area contributed by atoms with Gasteiger partial charge in [0.15, 0.2) is 0 Å². The summed E-state index contributed by atoms with van der Waals surface area (Å²) in [6.45, 7) is 3.06. The van der Waals surface area contributed by atoms with Gasteiger partial charge in [0, 0.05) is 20.1 Å². The number of methoxy groups -OCH3 is 1. The van der Waals surface area contributed by atoms with Crippen LogP contribution in [0, 0.1) is 0 Å². The van der Waals surface area contributed by atoms with Gasteiger partial charge in [-0.25, -0.2) is 0 Å². The second kappa shape index (κ2) is 10.1. The lowest BCUT2D eigenvalue weighted by Gasteiger charge is -2.10. The molecule has 1 saturated heterocycles. The summed E-state index contributed by atoms with van der Waals surface area (Å²) in [6, 6.07) is -0.396. The summed E-state index contributed by atoms with van der Waals surface area (Å²) in [5.74, 6) is -0.337. The van der Waals surface area contributed by atoms with E-state index in [2.05, 4.69) is 5.32 Å². The van der Waals surface area contributed by atoms with E-state index in [1.54, 1.807) is 7.11 Å². The van der Waals surface area contributed by atoms with Gasteiger partial charge in [0.05, 0.1) is 39.1 Å². The molecule has 0 bridgehead atoms. The highest BCUT2D eigenvalue weighted by atomic mass is 16.6. The van der Waals surface area contributed by atoms with Crippen LogP contribution in [0.15, 0.2) is 0 Å². The third-order valence-electron chi connectivity index (χ3n) is 2.67. The van der Waals surface area contributed by atoms with E-state index in [0.717, 1.165) is 0 Å². The van der Waals surface area contributed by atoms with Gasteiger partial charge in [0.1, 0.15) is 12.6 Å². The minimum atomic E-state index is -0.460. The van der Waals surface area contributed by atoms with Crippen LogP contribution in [0.2, 0.25) is 0 Å². The number of rotatable bonds is 10. The standard InChI is InChI=1S/C12H23NO6/c1-16-2-3-17-4-5-18-6-7-19-12(15)11-8-10(14)9-13-11/h10-11,13-14H,2-9H2,1H3. The first kappa shape index (κ1) is 16.3. The third kappa shape index (κ3) is 7.44. The van der Waals surface area contributed by atoms with E-state index in [4.69, 9.17) is 18.9 Å². The molecular weight excluding hydrogens is 254 g/mol. The van der Waals surface area contributed by atoms with Gasteiger partial charge >= 0.3 is 5.97 Å². The van der Waals surface area contributed by atoms with E-state index < -0.39 is 12.1 Å². The van der Waals surface area contributed by atoms with Crippen LogP contribution < -0.4 is 5.32 Å². The molecule has 112 valence electrons. The van der Waals surface area contributed by atoms with Gasteiger partial charge in [-0.2, -0.15) is 0 Å². The van der Waals surface area contributed by atoms with Crippen molar-refractivity contribution in [1.82, 2.24) is 5.32 Å². The van der Waals surface area contributed by atoms with Gasteiger partial charge in [-0.05, 0) is 0 Å². The maximum Gasteiger partial charge on any atom is 0.323 e. The Bertz CT molecular complexity index is 250. The Kier molecular flexibility index (Phi) is 8.68. The number of ether oxygens (including phenoxy) is 4. The molecule has 1 fully saturated rings. The summed E-state index contributed by atoms with van der Waals surface area (Å²) in [5, 5.41) is 12.2. The second-order valence-corrected chi connectivity index (χ2v) is 4.24. The molecule has 0 aromatic carbocycles. The molecule has 1 aliphatic heterocycles.